The molecule has 1 atom stereocenters. The Morgan fingerprint density at radius 3 is 2.84 bits per heavy atom. The molecule has 1 aliphatic heterocycles. The molecule has 2 amide bonds. The van der Waals surface area contributed by atoms with Gasteiger partial charge in [-0.05, 0) is 37.1 Å². The Bertz CT molecular complexity index is 742. The maximum absolute atomic E-state index is 12.1. The monoisotopic (exact) mass is 379 g/mol. The molecule has 0 aliphatic carbocycles. The van der Waals surface area contributed by atoms with Gasteiger partial charge in [0.2, 0.25) is 5.91 Å². The smallest absolute Gasteiger partial charge is 0.257 e. The summed E-state index contributed by atoms with van der Waals surface area (Å²) in [5, 5.41) is 8.38. The van der Waals surface area contributed by atoms with E-state index in [4.69, 9.17) is 16.3 Å². The molecule has 1 aromatic heterocycles. The molecule has 8 heteroatoms. The van der Waals surface area contributed by atoms with Crippen molar-refractivity contribution in [1.82, 2.24) is 10.3 Å². The zero-order chi connectivity index (χ0) is 17.6. The number of carbonyl (C=O) groups excluding carboxylic acids is 2. The average Bonchev–Trinajstić information content (AvgIpc) is 3.25. The third-order valence-corrected chi connectivity index (χ3v) is 4.83. The Balaban J connectivity index is 1.48. The molecule has 1 saturated heterocycles. The van der Waals surface area contributed by atoms with E-state index in [0.717, 1.165) is 19.4 Å². The Morgan fingerprint density at radius 2 is 2.12 bits per heavy atom. The molecule has 2 N–H and O–H groups in total. The lowest BCUT2D eigenvalue weighted by atomic mass is 10.2. The molecule has 2 aromatic rings. The number of amides is 2. The molecule has 1 unspecified atom stereocenters. The SMILES string of the molecule is O=C(Cc1csc(NC(=O)c2ccc(Cl)cc2)n1)NCC1CCCO1. The van der Waals surface area contributed by atoms with Crippen LogP contribution in [0.15, 0.2) is 29.6 Å². The van der Waals surface area contributed by atoms with Gasteiger partial charge in [-0.2, -0.15) is 0 Å². The Kier molecular flexibility index (Phi) is 6.01. The van der Waals surface area contributed by atoms with Crippen molar-refractivity contribution < 1.29 is 14.3 Å². The largest absolute Gasteiger partial charge is 0.376 e. The second kappa shape index (κ2) is 8.42. The zero-order valence-electron chi connectivity index (χ0n) is 13.5. The quantitative estimate of drug-likeness (QED) is 0.808. The van der Waals surface area contributed by atoms with E-state index in [-0.39, 0.29) is 24.3 Å². The molecule has 2 heterocycles. The summed E-state index contributed by atoms with van der Waals surface area (Å²) in [6.07, 6.45) is 2.33. The maximum Gasteiger partial charge on any atom is 0.257 e. The molecule has 0 radical (unpaired) electrons. The van der Waals surface area contributed by atoms with E-state index in [2.05, 4.69) is 15.6 Å². The summed E-state index contributed by atoms with van der Waals surface area (Å²) < 4.78 is 5.47. The fourth-order valence-electron chi connectivity index (χ4n) is 2.48. The lowest BCUT2D eigenvalue weighted by molar-refractivity contribution is -0.121. The van der Waals surface area contributed by atoms with Crippen LogP contribution in [0, 0.1) is 0 Å². The minimum absolute atomic E-state index is 0.101. The summed E-state index contributed by atoms with van der Waals surface area (Å²) >= 11 is 7.10. The molecule has 1 aliphatic rings. The van der Waals surface area contributed by atoms with Crippen LogP contribution in [0.2, 0.25) is 5.02 Å². The highest BCUT2D eigenvalue weighted by molar-refractivity contribution is 7.14. The van der Waals surface area contributed by atoms with Gasteiger partial charge in [0.15, 0.2) is 5.13 Å². The first-order chi connectivity index (χ1) is 12.1. The predicted octanol–water partition coefficient (Wildman–Crippen LogP) is 2.89. The summed E-state index contributed by atoms with van der Waals surface area (Å²) in [4.78, 5) is 28.4. The molecule has 0 saturated carbocycles. The molecule has 3 rings (SSSR count). The minimum Gasteiger partial charge on any atom is -0.376 e. The van der Waals surface area contributed by atoms with E-state index in [1.54, 1.807) is 29.6 Å². The normalized spacial score (nSPS) is 16.6. The molecule has 132 valence electrons. The Labute approximate surface area is 154 Å². The first kappa shape index (κ1) is 17.8. The topological polar surface area (TPSA) is 80.3 Å². The van der Waals surface area contributed by atoms with Crippen LogP contribution in [-0.2, 0) is 16.0 Å². The van der Waals surface area contributed by atoms with Gasteiger partial charge in [0, 0.05) is 29.1 Å². The van der Waals surface area contributed by atoms with Crippen LogP contribution in [-0.4, -0.2) is 36.1 Å². The van der Waals surface area contributed by atoms with E-state index in [9.17, 15) is 9.59 Å². The van der Waals surface area contributed by atoms with Crippen molar-refractivity contribution in [3.63, 3.8) is 0 Å². The number of halogens is 1. The second-order valence-electron chi connectivity index (χ2n) is 5.72. The van der Waals surface area contributed by atoms with Crippen LogP contribution in [0.25, 0.3) is 0 Å². The number of rotatable bonds is 6. The van der Waals surface area contributed by atoms with Gasteiger partial charge in [-0.1, -0.05) is 11.6 Å². The highest BCUT2D eigenvalue weighted by Gasteiger charge is 2.17. The van der Waals surface area contributed by atoms with E-state index < -0.39 is 0 Å². The van der Waals surface area contributed by atoms with E-state index in [1.807, 2.05) is 0 Å². The van der Waals surface area contributed by atoms with Gasteiger partial charge in [-0.3, -0.25) is 14.9 Å². The van der Waals surface area contributed by atoms with Gasteiger partial charge in [0.1, 0.15) is 0 Å². The van der Waals surface area contributed by atoms with Crippen LogP contribution in [0.4, 0.5) is 5.13 Å². The number of nitrogens with zero attached hydrogens (tertiary/aromatic N) is 1. The van der Waals surface area contributed by atoms with Gasteiger partial charge in [-0.15, -0.1) is 11.3 Å². The number of anilines is 1. The van der Waals surface area contributed by atoms with Crippen molar-refractivity contribution >= 4 is 39.9 Å². The Morgan fingerprint density at radius 1 is 1.32 bits per heavy atom. The summed E-state index contributed by atoms with van der Waals surface area (Å²) in [7, 11) is 0. The standard InChI is InChI=1S/C17H18ClN3O3S/c18-12-5-3-11(4-6-12)16(23)21-17-20-13(10-25-17)8-15(22)19-9-14-2-1-7-24-14/h3-6,10,14H,1-2,7-9H2,(H,19,22)(H,20,21,23). The summed E-state index contributed by atoms with van der Waals surface area (Å²) in [6.45, 7) is 1.30. The van der Waals surface area contributed by atoms with Crippen molar-refractivity contribution in [2.45, 2.75) is 25.4 Å². The summed E-state index contributed by atoms with van der Waals surface area (Å²) in [5.41, 5.74) is 1.12. The van der Waals surface area contributed by atoms with Crippen LogP contribution in [0.3, 0.4) is 0 Å². The predicted molar refractivity (Wildman–Crippen MR) is 97.2 cm³/mol. The number of carbonyl (C=O) groups is 2. The number of benzene rings is 1. The molecule has 25 heavy (non-hydrogen) atoms. The third kappa shape index (κ3) is 5.26. The summed E-state index contributed by atoms with van der Waals surface area (Å²) in [6, 6.07) is 6.60. The van der Waals surface area contributed by atoms with Gasteiger partial charge in [-0.25, -0.2) is 4.98 Å². The molecule has 0 bridgehead atoms. The third-order valence-electron chi connectivity index (χ3n) is 3.77. The van der Waals surface area contributed by atoms with Crippen LogP contribution < -0.4 is 10.6 Å². The van der Waals surface area contributed by atoms with Gasteiger partial charge in [0.05, 0.1) is 18.2 Å². The van der Waals surface area contributed by atoms with Crippen molar-refractivity contribution in [3.05, 3.63) is 45.9 Å². The maximum atomic E-state index is 12.1. The molecular formula is C17H18ClN3O3S. The number of hydrogen-bond donors (Lipinski definition) is 2. The molecule has 0 spiro atoms. The molecule has 1 aromatic carbocycles. The molecular weight excluding hydrogens is 362 g/mol. The van der Waals surface area contributed by atoms with E-state index in [0.29, 0.717) is 28.0 Å². The van der Waals surface area contributed by atoms with Crippen molar-refractivity contribution in [2.75, 3.05) is 18.5 Å². The van der Waals surface area contributed by atoms with Gasteiger partial charge < -0.3 is 10.1 Å². The average molecular weight is 380 g/mol. The second-order valence-corrected chi connectivity index (χ2v) is 7.02. The van der Waals surface area contributed by atoms with Crippen LogP contribution in [0.1, 0.15) is 28.9 Å². The summed E-state index contributed by atoms with van der Waals surface area (Å²) in [5.74, 6) is -0.364. The number of hydrogen-bond acceptors (Lipinski definition) is 5. The highest BCUT2D eigenvalue weighted by atomic mass is 35.5. The first-order valence-electron chi connectivity index (χ1n) is 8.00. The zero-order valence-corrected chi connectivity index (χ0v) is 15.0. The minimum atomic E-state index is -0.264. The van der Waals surface area contributed by atoms with Crippen molar-refractivity contribution in [1.29, 1.82) is 0 Å². The van der Waals surface area contributed by atoms with Gasteiger partial charge in [0.25, 0.3) is 5.91 Å². The highest BCUT2D eigenvalue weighted by Crippen LogP contribution is 2.18. The number of thiazole rings is 1. The van der Waals surface area contributed by atoms with E-state index in [1.165, 1.54) is 11.3 Å². The number of ether oxygens (including phenoxy) is 1. The fraction of sp³-hybridized carbons (Fsp3) is 0.353. The number of aromatic nitrogens is 1. The van der Waals surface area contributed by atoms with Crippen molar-refractivity contribution in [2.24, 2.45) is 0 Å². The van der Waals surface area contributed by atoms with Crippen LogP contribution >= 0.6 is 22.9 Å². The number of nitrogens with one attached hydrogen (secondary N) is 2. The fourth-order valence-corrected chi connectivity index (χ4v) is 3.31. The first-order valence-corrected chi connectivity index (χ1v) is 9.25. The Hall–Kier alpha value is -1.96. The van der Waals surface area contributed by atoms with E-state index >= 15 is 0 Å². The molecule has 6 nitrogen and oxygen atoms in total. The van der Waals surface area contributed by atoms with Gasteiger partial charge >= 0.3 is 0 Å². The molecule has 1 fully saturated rings. The lowest BCUT2D eigenvalue weighted by Gasteiger charge is -2.09. The van der Waals surface area contributed by atoms with Crippen molar-refractivity contribution in [3.8, 4) is 0 Å². The van der Waals surface area contributed by atoms with Crippen LogP contribution in [0.5, 0.6) is 0 Å². The lowest BCUT2D eigenvalue weighted by Crippen LogP contribution is -2.32.